The van der Waals surface area contributed by atoms with E-state index in [2.05, 4.69) is 32.9 Å². The molecule has 2 aromatic carbocycles. The van der Waals surface area contributed by atoms with Crippen molar-refractivity contribution in [2.75, 3.05) is 7.11 Å². The number of hydrogen-bond acceptors (Lipinski definition) is 3. The van der Waals surface area contributed by atoms with E-state index < -0.39 is 0 Å². The summed E-state index contributed by atoms with van der Waals surface area (Å²) < 4.78 is 5.30. The van der Waals surface area contributed by atoms with Gasteiger partial charge in [-0.2, -0.15) is 0 Å². The topological polar surface area (TPSA) is 49.7 Å². The van der Waals surface area contributed by atoms with E-state index in [0.717, 1.165) is 12.0 Å². The van der Waals surface area contributed by atoms with Gasteiger partial charge in [0, 0.05) is 11.1 Å². The first-order valence-corrected chi connectivity index (χ1v) is 7.47. The molecule has 2 aromatic rings. The largest absolute Gasteiger partial charge is 0.496 e. The zero-order chi connectivity index (χ0) is 16.3. The summed E-state index contributed by atoms with van der Waals surface area (Å²) in [6, 6.07) is 8.29. The van der Waals surface area contributed by atoms with Gasteiger partial charge >= 0.3 is 0 Å². The molecular formula is C19H24O3. The average molecular weight is 300 g/mol. The van der Waals surface area contributed by atoms with Gasteiger partial charge in [-0.05, 0) is 67.1 Å². The monoisotopic (exact) mass is 300 g/mol. The molecule has 0 heterocycles. The Morgan fingerprint density at radius 3 is 1.68 bits per heavy atom. The maximum atomic E-state index is 9.52. The maximum Gasteiger partial charge on any atom is 0.129 e. The molecule has 3 nitrogen and oxygen atoms in total. The highest BCUT2D eigenvalue weighted by atomic mass is 16.5. The zero-order valence-electron chi connectivity index (χ0n) is 13.7. The van der Waals surface area contributed by atoms with E-state index in [4.69, 9.17) is 4.74 Å². The number of ether oxygens (including phenoxy) is 1. The molecule has 2 N–H and O–H groups in total. The number of aliphatic hydroxyl groups excluding tert-OH is 2. The van der Waals surface area contributed by atoms with Crippen molar-refractivity contribution in [2.24, 2.45) is 0 Å². The SMILES string of the molecule is COc1c(CO)cc(Cc2cc(C)c(C)c(C)c2)cc1CO. The van der Waals surface area contributed by atoms with E-state index >= 15 is 0 Å². The molecule has 0 unspecified atom stereocenters. The van der Waals surface area contributed by atoms with Crippen molar-refractivity contribution >= 4 is 0 Å². The summed E-state index contributed by atoms with van der Waals surface area (Å²) in [4.78, 5) is 0. The predicted molar refractivity (Wildman–Crippen MR) is 88.3 cm³/mol. The van der Waals surface area contributed by atoms with Crippen molar-refractivity contribution < 1.29 is 14.9 Å². The molecule has 0 spiro atoms. The molecule has 0 amide bonds. The Morgan fingerprint density at radius 1 is 0.818 bits per heavy atom. The van der Waals surface area contributed by atoms with Gasteiger partial charge in [-0.25, -0.2) is 0 Å². The van der Waals surface area contributed by atoms with Crippen LogP contribution in [0.15, 0.2) is 24.3 Å². The molecular weight excluding hydrogens is 276 g/mol. The normalized spacial score (nSPS) is 10.8. The summed E-state index contributed by atoms with van der Waals surface area (Å²) in [7, 11) is 1.56. The molecule has 3 heteroatoms. The average Bonchev–Trinajstić information content (AvgIpc) is 2.51. The lowest BCUT2D eigenvalue weighted by Crippen LogP contribution is -2.01. The lowest BCUT2D eigenvalue weighted by Gasteiger charge is -2.15. The van der Waals surface area contributed by atoms with Crippen molar-refractivity contribution in [1.29, 1.82) is 0 Å². The van der Waals surface area contributed by atoms with Crippen LogP contribution >= 0.6 is 0 Å². The number of hydrogen-bond donors (Lipinski definition) is 2. The Labute approximate surface area is 132 Å². The molecule has 0 radical (unpaired) electrons. The van der Waals surface area contributed by atoms with E-state index in [9.17, 15) is 10.2 Å². The van der Waals surface area contributed by atoms with Crippen LogP contribution in [0, 0.1) is 20.8 Å². The molecule has 0 bridgehead atoms. The van der Waals surface area contributed by atoms with Crippen LogP contribution in [0.5, 0.6) is 5.75 Å². The fourth-order valence-electron chi connectivity index (χ4n) is 2.89. The third-order valence-electron chi connectivity index (χ3n) is 4.24. The Hall–Kier alpha value is -1.84. The summed E-state index contributed by atoms with van der Waals surface area (Å²) in [6.07, 6.45) is 0.770. The Morgan fingerprint density at radius 2 is 1.27 bits per heavy atom. The minimum Gasteiger partial charge on any atom is -0.496 e. The highest BCUT2D eigenvalue weighted by Gasteiger charge is 2.11. The van der Waals surface area contributed by atoms with E-state index in [1.807, 2.05) is 12.1 Å². The van der Waals surface area contributed by atoms with Crippen molar-refractivity contribution in [3.8, 4) is 5.75 Å². The number of aryl methyl sites for hydroxylation is 2. The van der Waals surface area contributed by atoms with Gasteiger partial charge in [-0.1, -0.05) is 12.1 Å². The van der Waals surface area contributed by atoms with Crippen LogP contribution in [0.2, 0.25) is 0 Å². The summed E-state index contributed by atoms with van der Waals surface area (Å²) in [5.41, 5.74) is 7.62. The van der Waals surface area contributed by atoms with Crippen molar-refractivity contribution in [2.45, 2.75) is 40.4 Å². The molecule has 0 saturated carbocycles. The first-order valence-electron chi connectivity index (χ1n) is 7.47. The van der Waals surface area contributed by atoms with Gasteiger partial charge in [0.25, 0.3) is 0 Å². The molecule has 22 heavy (non-hydrogen) atoms. The summed E-state index contributed by atoms with van der Waals surface area (Å²) in [5.74, 6) is 0.574. The Kier molecular flexibility index (Phi) is 5.22. The van der Waals surface area contributed by atoms with Gasteiger partial charge in [0.2, 0.25) is 0 Å². The van der Waals surface area contributed by atoms with Crippen molar-refractivity contribution in [1.82, 2.24) is 0 Å². The van der Waals surface area contributed by atoms with E-state index in [0.29, 0.717) is 16.9 Å². The molecule has 0 saturated heterocycles. The Bertz CT molecular complexity index is 626. The molecule has 118 valence electrons. The second kappa shape index (κ2) is 6.95. The number of aliphatic hydroxyl groups is 2. The second-order valence-electron chi connectivity index (χ2n) is 5.79. The molecule has 0 aromatic heterocycles. The molecule has 0 atom stereocenters. The van der Waals surface area contributed by atoms with Crippen LogP contribution in [-0.4, -0.2) is 17.3 Å². The fourth-order valence-corrected chi connectivity index (χ4v) is 2.89. The lowest BCUT2D eigenvalue weighted by molar-refractivity contribution is 0.260. The zero-order valence-corrected chi connectivity index (χ0v) is 13.7. The molecule has 0 fully saturated rings. The predicted octanol–water partition coefficient (Wildman–Crippen LogP) is 3.20. The molecule has 0 aliphatic rings. The van der Waals surface area contributed by atoms with Crippen molar-refractivity contribution in [3.63, 3.8) is 0 Å². The van der Waals surface area contributed by atoms with Gasteiger partial charge in [-0.15, -0.1) is 0 Å². The third kappa shape index (κ3) is 3.32. The van der Waals surface area contributed by atoms with Gasteiger partial charge in [-0.3, -0.25) is 0 Å². The van der Waals surface area contributed by atoms with Gasteiger partial charge in [0.1, 0.15) is 5.75 Å². The highest BCUT2D eigenvalue weighted by Crippen LogP contribution is 2.28. The van der Waals surface area contributed by atoms with Crippen LogP contribution in [0.4, 0.5) is 0 Å². The minimum absolute atomic E-state index is 0.101. The van der Waals surface area contributed by atoms with E-state index in [1.54, 1.807) is 7.11 Å². The fraction of sp³-hybridized carbons (Fsp3) is 0.368. The maximum absolute atomic E-state index is 9.52. The lowest BCUT2D eigenvalue weighted by atomic mass is 9.95. The number of methoxy groups -OCH3 is 1. The van der Waals surface area contributed by atoms with Gasteiger partial charge < -0.3 is 14.9 Å². The van der Waals surface area contributed by atoms with Crippen molar-refractivity contribution in [3.05, 3.63) is 63.2 Å². The van der Waals surface area contributed by atoms with Crippen LogP contribution < -0.4 is 4.74 Å². The third-order valence-corrected chi connectivity index (χ3v) is 4.24. The summed E-state index contributed by atoms with van der Waals surface area (Å²) >= 11 is 0. The van der Waals surface area contributed by atoms with Crippen LogP contribution in [0.1, 0.15) is 38.9 Å². The quantitative estimate of drug-likeness (QED) is 0.891. The smallest absolute Gasteiger partial charge is 0.129 e. The van der Waals surface area contributed by atoms with E-state index in [-0.39, 0.29) is 13.2 Å². The number of benzene rings is 2. The molecule has 0 aliphatic heterocycles. The standard InChI is InChI=1S/C19H24O3/c1-12-5-15(6-13(2)14(12)3)7-16-8-17(10-20)19(22-4)18(9-16)11-21/h5-6,8-9,20-21H,7,10-11H2,1-4H3. The van der Waals surface area contributed by atoms with Gasteiger partial charge in [0.05, 0.1) is 20.3 Å². The Balaban J connectivity index is 2.41. The van der Waals surface area contributed by atoms with Crippen LogP contribution in [-0.2, 0) is 19.6 Å². The number of rotatable bonds is 5. The van der Waals surface area contributed by atoms with E-state index in [1.165, 1.54) is 22.3 Å². The van der Waals surface area contributed by atoms with Crippen LogP contribution in [0.3, 0.4) is 0 Å². The first kappa shape index (κ1) is 16.5. The summed E-state index contributed by atoms with van der Waals surface area (Å²) in [6.45, 7) is 6.18. The van der Waals surface area contributed by atoms with Gasteiger partial charge in [0.15, 0.2) is 0 Å². The summed E-state index contributed by atoms with van der Waals surface area (Å²) in [5, 5.41) is 19.0. The van der Waals surface area contributed by atoms with Crippen LogP contribution in [0.25, 0.3) is 0 Å². The highest BCUT2D eigenvalue weighted by molar-refractivity contribution is 5.46. The molecule has 0 aliphatic carbocycles. The first-order chi connectivity index (χ1) is 10.5. The molecule has 2 rings (SSSR count). The minimum atomic E-state index is -0.101. The second-order valence-corrected chi connectivity index (χ2v) is 5.79.